The molecule has 3 aromatic rings. The minimum Gasteiger partial charge on any atom is -0.496 e. The van der Waals surface area contributed by atoms with Crippen LogP contribution in [0.25, 0.3) is 11.2 Å². The Kier molecular flexibility index (Phi) is 3.28. The molecule has 0 aliphatic rings. The number of fused-ring (bicyclic) bond motifs is 1. The van der Waals surface area contributed by atoms with Gasteiger partial charge in [0.2, 0.25) is 0 Å². The second-order valence-corrected chi connectivity index (χ2v) is 4.79. The van der Waals surface area contributed by atoms with E-state index in [-0.39, 0.29) is 23.5 Å². The zero-order valence-corrected chi connectivity index (χ0v) is 12.0. The van der Waals surface area contributed by atoms with Crippen molar-refractivity contribution in [2.45, 2.75) is 6.54 Å². The second-order valence-electron chi connectivity index (χ2n) is 4.79. The van der Waals surface area contributed by atoms with Crippen molar-refractivity contribution in [3.63, 3.8) is 0 Å². The van der Waals surface area contributed by atoms with Crippen LogP contribution >= 0.6 is 0 Å². The van der Waals surface area contributed by atoms with Gasteiger partial charge in [-0.1, -0.05) is 6.07 Å². The molecule has 0 spiro atoms. The number of rotatable bonds is 3. The van der Waals surface area contributed by atoms with Crippen LogP contribution in [0.5, 0.6) is 5.75 Å². The fraction of sp³-hybridized carbons (Fsp3) is 0.214. The van der Waals surface area contributed by atoms with Gasteiger partial charge in [0.05, 0.1) is 20.0 Å². The van der Waals surface area contributed by atoms with Crippen LogP contribution in [0.4, 0.5) is 4.39 Å². The number of benzene rings is 1. The molecule has 7 nitrogen and oxygen atoms in total. The van der Waals surface area contributed by atoms with E-state index >= 15 is 0 Å². The van der Waals surface area contributed by atoms with Gasteiger partial charge in [0.1, 0.15) is 17.1 Å². The van der Waals surface area contributed by atoms with Crippen molar-refractivity contribution >= 4 is 11.2 Å². The third-order valence-corrected chi connectivity index (χ3v) is 3.49. The number of ether oxygens (including phenoxy) is 1. The first-order chi connectivity index (χ1) is 10.5. The highest BCUT2D eigenvalue weighted by molar-refractivity contribution is 5.68. The summed E-state index contributed by atoms with van der Waals surface area (Å²) < 4.78 is 20.7. The lowest BCUT2D eigenvalue weighted by Gasteiger charge is -2.11. The van der Waals surface area contributed by atoms with Crippen molar-refractivity contribution in [2.75, 3.05) is 7.11 Å². The summed E-state index contributed by atoms with van der Waals surface area (Å²) in [6.45, 7) is -0.0239. The number of halogens is 1. The van der Waals surface area contributed by atoms with Gasteiger partial charge in [-0.25, -0.2) is 14.2 Å². The molecule has 0 saturated heterocycles. The van der Waals surface area contributed by atoms with Crippen molar-refractivity contribution in [2.24, 2.45) is 7.05 Å². The van der Waals surface area contributed by atoms with Crippen molar-refractivity contribution < 1.29 is 9.13 Å². The largest absolute Gasteiger partial charge is 0.496 e. The zero-order valence-electron chi connectivity index (χ0n) is 12.0. The Morgan fingerprint density at radius 1 is 1.36 bits per heavy atom. The summed E-state index contributed by atoms with van der Waals surface area (Å²) in [4.78, 5) is 31.4. The van der Waals surface area contributed by atoms with E-state index in [0.717, 1.165) is 4.57 Å². The summed E-state index contributed by atoms with van der Waals surface area (Å²) in [6, 6.07) is 3.94. The highest BCUT2D eigenvalue weighted by atomic mass is 19.1. The molecule has 0 atom stereocenters. The average Bonchev–Trinajstić information content (AvgIpc) is 3.00. The molecule has 3 rings (SSSR count). The van der Waals surface area contributed by atoms with E-state index in [4.69, 9.17) is 4.74 Å². The van der Waals surface area contributed by atoms with Gasteiger partial charge < -0.3 is 9.72 Å². The number of imidazole rings is 1. The van der Waals surface area contributed by atoms with E-state index in [0.29, 0.717) is 5.56 Å². The van der Waals surface area contributed by atoms with E-state index in [1.54, 1.807) is 0 Å². The molecule has 22 heavy (non-hydrogen) atoms. The number of aromatic nitrogens is 4. The fourth-order valence-corrected chi connectivity index (χ4v) is 2.35. The number of aryl methyl sites for hydroxylation is 1. The lowest BCUT2D eigenvalue weighted by Crippen LogP contribution is -2.39. The first-order valence-corrected chi connectivity index (χ1v) is 6.48. The maximum Gasteiger partial charge on any atom is 0.332 e. The van der Waals surface area contributed by atoms with Gasteiger partial charge in [-0.05, 0) is 6.07 Å². The number of H-pyrrole nitrogens is 1. The molecule has 0 saturated carbocycles. The molecule has 0 bridgehead atoms. The molecule has 2 aromatic heterocycles. The topological polar surface area (TPSA) is 81.9 Å². The Balaban J connectivity index is 2.20. The Labute approximate surface area is 123 Å². The van der Waals surface area contributed by atoms with Crippen LogP contribution in [0.15, 0.2) is 34.1 Å². The first-order valence-electron chi connectivity index (χ1n) is 6.48. The Bertz CT molecular complexity index is 970. The predicted octanol–water partition coefficient (Wildman–Crippen LogP) is 0.619. The SMILES string of the molecule is COc1cc(F)ccc1Cn1c(=O)c2[nH]cnc2n(C)c1=O. The number of aromatic amines is 1. The second kappa shape index (κ2) is 5.14. The fourth-order valence-electron chi connectivity index (χ4n) is 2.35. The Morgan fingerprint density at radius 3 is 2.86 bits per heavy atom. The molecule has 0 unspecified atom stereocenters. The monoisotopic (exact) mass is 304 g/mol. The van der Waals surface area contributed by atoms with Gasteiger partial charge in [0.25, 0.3) is 5.56 Å². The van der Waals surface area contributed by atoms with Crippen LogP contribution in [0.1, 0.15) is 5.56 Å². The molecule has 8 heteroatoms. The highest BCUT2D eigenvalue weighted by Gasteiger charge is 2.15. The smallest absolute Gasteiger partial charge is 0.332 e. The van der Waals surface area contributed by atoms with E-state index in [1.165, 1.54) is 43.3 Å². The van der Waals surface area contributed by atoms with Gasteiger partial charge in [0.15, 0.2) is 5.65 Å². The molecule has 0 amide bonds. The summed E-state index contributed by atoms with van der Waals surface area (Å²) in [5.41, 5.74) is 0.0698. The maximum absolute atomic E-state index is 13.2. The van der Waals surface area contributed by atoms with Gasteiger partial charge in [-0.2, -0.15) is 0 Å². The normalized spacial score (nSPS) is 11.0. The van der Waals surface area contributed by atoms with Gasteiger partial charge in [0, 0.05) is 18.7 Å². The standard InChI is InChI=1S/C14H13FN4O3/c1-18-12-11(16-7-17-12)13(20)19(14(18)21)6-8-3-4-9(15)5-10(8)22-2/h3-5,7H,6H2,1-2H3,(H,16,17). The summed E-state index contributed by atoms with van der Waals surface area (Å²) >= 11 is 0. The molecule has 0 fully saturated rings. The third-order valence-electron chi connectivity index (χ3n) is 3.49. The number of hydrogen-bond acceptors (Lipinski definition) is 4. The van der Waals surface area contributed by atoms with Crippen LogP contribution in [-0.4, -0.2) is 26.2 Å². The van der Waals surface area contributed by atoms with Gasteiger partial charge in [-0.3, -0.25) is 13.9 Å². The van der Waals surface area contributed by atoms with E-state index < -0.39 is 17.1 Å². The van der Waals surface area contributed by atoms with Crippen molar-refractivity contribution in [3.05, 3.63) is 56.7 Å². The Hall–Kier alpha value is -2.90. The van der Waals surface area contributed by atoms with Crippen LogP contribution in [0, 0.1) is 5.82 Å². The molecular formula is C14H13FN4O3. The zero-order chi connectivity index (χ0) is 15.9. The number of nitrogens with one attached hydrogen (secondary N) is 1. The quantitative estimate of drug-likeness (QED) is 0.769. The van der Waals surface area contributed by atoms with E-state index in [1.807, 2.05) is 0 Å². The maximum atomic E-state index is 13.2. The lowest BCUT2D eigenvalue weighted by atomic mass is 10.2. The van der Waals surface area contributed by atoms with E-state index in [2.05, 4.69) is 9.97 Å². The van der Waals surface area contributed by atoms with Crippen LogP contribution in [0.3, 0.4) is 0 Å². The predicted molar refractivity (Wildman–Crippen MR) is 77.6 cm³/mol. The van der Waals surface area contributed by atoms with Crippen LogP contribution in [-0.2, 0) is 13.6 Å². The molecule has 0 radical (unpaired) electrons. The summed E-state index contributed by atoms with van der Waals surface area (Å²) in [5, 5.41) is 0. The summed E-state index contributed by atoms with van der Waals surface area (Å²) in [7, 11) is 2.93. The first kappa shape index (κ1) is 14.1. The molecule has 0 aliphatic heterocycles. The van der Waals surface area contributed by atoms with Crippen molar-refractivity contribution in [1.82, 2.24) is 19.1 Å². The summed E-state index contributed by atoms with van der Waals surface area (Å²) in [5.74, 6) is -0.177. The number of hydrogen-bond donors (Lipinski definition) is 1. The number of methoxy groups -OCH3 is 1. The average molecular weight is 304 g/mol. The highest BCUT2D eigenvalue weighted by Crippen LogP contribution is 2.19. The lowest BCUT2D eigenvalue weighted by molar-refractivity contribution is 0.404. The molecule has 2 heterocycles. The molecule has 114 valence electrons. The molecule has 1 aromatic carbocycles. The third kappa shape index (κ3) is 2.09. The van der Waals surface area contributed by atoms with Gasteiger partial charge >= 0.3 is 5.69 Å². The van der Waals surface area contributed by atoms with Crippen molar-refractivity contribution in [3.8, 4) is 5.75 Å². The summed E-state index contributed by atoms with van der Waals surface area (Å²) in [6.07, 6.45) is 1.36. The van der Waals surface area contributed by atoms with Crippen LogP contribution < -0.4 is 16.0 Å². The molecule has 1 N–H and O–H groups in total. The van der Waals surface area contributed by atoms with E-state index in [9.17, 15) is 14.0 Å². The minimum atomic E-state index is -0.504. The molecule has 0 aliphatic carbocycles. The van der Waals surface area contributed by atoms with Gasteiger partial charge in [-0.15, -0.1) is 0 Å². The minimum absolute atomic E-state index is 0.0239. The van der Waals surface area contributed by atoms with Crippen molar-refractivity contribution in [1.29, 1.82) is 0 Å². The number of nitrogens with zero attached hydrogens (tertiary/aromatic N) is 3. The molecular weight excluding hydrogens is 291 g/mol. The van der Waals surface area contributed by atoms with Crippen LogP contribution in [0.2, 0.25) is 0 Å². The Morgan fingerprint density at radius 2 is 2.14 bits per heavy atom.